The number of fused-ring (bicyclic) bond motifs is 1. The van der Waals surface area contributed by atoms with Gasteiger partial charge in [-0.15, -0.1) is 16.4 Å². The van der Waals surface area contributed by atoms with Crippen LogP contribution in [-0.2, 0) is 16.1 Å². The van der Waals surface area contributed by atoms with Crippen LogP contribution in [0.3, 0.4) is 0 Å². The van der Waals surface area contributed by atoms with E-state index in [0.717, 1.165) is 21.7 Å². The number of amides is 1. The Labute approximate surface area is 191 Å². The summed E-state index contributed by atoms with van der Waals surface area (Å²) in [6.07, 6.45) is -0.586. The lowest BCUT2D eigenvalue weighted by Crippen LogP contribution is -2.27. The summed E-state index contributed by atoms with van der Waals surface area (Å²) in [6, 6.07) is 3.82. The van der Waals surface area contributed by atoms with E-state index < -0.39 is 11.7 Å². The number of carbonyl (C=O) groups excluding carboxylic acids is 1. The number of ether oxygens (including phenoxy) is 5. The van der Waals surface area contributed by atoms with Gasteiger partial charge in [0.15, 0.2) is 0 Å². The third-order valence-electron chi connectivity index (χ3n) is 4.54. The first kappa shape index (κ1) is 23.7. The molecule has 0 atom stereocenters. The molecule has 1 aromatic carbocycles. The van der Waals surface area contributed by atoms with Crippen molar-refractivity contribution in [2.75, 3.05) is 33.8 Å². The van der Waals surface area contributed by atoms with E-state index in [1.165, 1.54) is 18.4 Å². The number of rotatable bonds is 7. The highest BCUT2D eigenvalue weighted by Crippen LogP contribution is 2.46. The van der Waals surface area contributed by atoms with Crippen molar-refractivity contribution in [1.29, 1.82) is 0 Å². The van der Waals surface area contributed by atoms with Gasteiger partial charge in [0, 0.05) is 12.0 Å². The second-order valence-corrected chi connectivity index (χ2v) is 9.25. The van der Waals surface area contributed by atoms with Crippen LogP contribution in [0.5, 0.6) is 17.4 Å². The Morgan fingerprint density at radius 3 is 2.22 bits per heavy atom. The molecule has 32 heavy (non-hydrogen) atoms. The van der Waals surface area contributed by atoms with Crippen molar-refractivity contribution in [3.05, 3.63) is 22.6 Å². The maximum Gasteiger partial charge on any atom is 0.412 e. The molecule has 0 fully saturated rings. The molecule has 2 heterocycles. The molecule has 0 aliphatic rings. The number of hydrogen-bond donors (Lipinski definition) is 1. The lowest BCUT2D eigenvalue weighted by atomic mass is 10.1. The average Bonchev–Trinajstić information content (AvgIpc) is 3.20. The minimum atomic E-state index is -0.634. The molecule has 0 saturated carbocycles. The summed E-state index contributed by atoms with van der Waals surface area (Å²) in [5.41, 5.74) is 2.24. The van der Waals surface area contributed by atoms with Gasteiger partial charge in [-0.2, -0.15) is 0 Å². The van der Waals surface area contributed by atoms with Gasteiger partial charge in [-0.25, -0.2) is 9.31 Å². The number of nitrogens with one attached hydrogen (secondary N) is 1. The molecule has 1 N–H and O–H groups in total. The number of anilines is 1. The summed E-state index contributed by atoms with van der Waals surface area (Å²) in [6.45, 7) is 7.80. The number of nitrogens with zero attached hydrogens (tertiary/aromatic N) is 2. The van der Waals surface area contributed by atoms with Crippen LogP contribution >= 0.6 is 11.3 Å². The zero-order chi connectivity index (χ0) is 23.6. The molecule has 1 amide bonds. The Morgan fingerprint density at radius 1 is 1.09 bits per heavy atom. The van der Waals surface area contributed by atoms with Crippen LogP contribution in [0.25, 0.3) is 16.1 Å². The third-order valence-corrected chi connectivity index (χ3v) is 5.61. The number of aromatic nitrogens is 2. The Bertz CT molecular complexity index is 1100. The van der Waals surface area contributed by atoms with Crippen LogP contribution in [-0.4, -0.2) is 49.7 Å². The predicted molar refractivity (Wildman–Crippen MR) is 123 cm³/mol. The van der Waals surface area contributed by atoms with Crippen LogP contribution in [0.15, 0.2) is 12.1 Å². The first-order valence-corrected chi connectivity index (χ1v) is 10.8. The second-order valence-electron chi connectivity index (χ2n) is 8.04. The van der Waals surface area contributed by atoms with Gasteiger partial charge in [0.25, 0.3) is 5.88 Å². The fraction of sp³-hybridized carbons (Fsp3) is 0.455. The van der Waals surface area contributed by atoms with E-state index in [0.29, 0.717) is 28.6 Å². The molecule has 2 aromatic heterocycles. The number of benzene rings is 1. The summed E-state index contributed by atoms with van der Waals surface area (Å²) in [5.74, 6) is 1.52. The molecular formula is C22H29N3O6S. The monoisotopic (exact) mass is 463 g/mol. The van der Waals surface area contributed by atoms with Crippen molar-refractivity contribution >= 4 is 27.9 Å². The molecule has 9 nitrogen and oxygen atoms in total. The molecule has 0 spiro atoms. The van der Waals surface area contributed by atoms with Gasteiger partial charge < -0.3 is 23.7 Å². The highest BCUT2D eigenvalue weighted by Gasteiger charge is 2.27. The molecule has 3 aromatic rings. The Morgan fingerprint density at radius 2 is 1.72 bits per heavy atom. The SMILES string of the molecule is COCc1cc(OC)c(-c2c(C)sc3c(NC(=O)OC(C)(C)C)c(OC)nn23)c(OC)c1. The van der Waals surface area contributed by atoms with Crippen molar-refractivity contribution in [3.63, 3.8) is 0 Å². The fourth-order valence-electron chi connectivity index (χ4n) is 3.36. The largest absolute Gasteiger partial charge is 0.496 e. The minimum absolute atomic E-state index is 0.275. The van der Waals surface area contributed by atoms with Gasteiger partial charge in [-0.3, -0.25) is 5.32 Å². The predicted octanol–water partition coefficient (Wildman–Crippen LogP) is 4.89. The van der Waals surface area contributed by atoms with Crippen molar-refractivity contribution in [3.8, 4) is 28.6 Å². The van der Waals surface area contributed by atoms with E-state index in [2.05, 4.69) is 10.4 Å². The number of hydrogen-bond acceptors (Lipinski definition) is 8. The number of aryl methyl sites for hydroxylation is 1. The molecule has 0 saturated heterocycles. The zero-order valence-electron chi connectivity index (χ0n) is 19.6. The lowest BCUT2D eigenvalue weighted by molar-refractivity contribution is 0.0635. The standard InChI is InChI=1S/C22H29N3O6S/c1-12-18(16-14(28-6)9-13(11-27-5)10-15(16)29-7)25-20(32-12)17(19(24-25)30-8)23-21(26)31-22(2,3)4/h9-10H,11H2,1-8H3,(H,23,26). The number of methoxy groups -OCH3 is 4. The Hall–Kier alpha value is -2.98. The van der Waals surface area contributed by atoms with E-state index in [1.807, 2.05) is 19.1 Å². The molecule has 174 valence electrons. The van der Waals surface area contributed by atoms with E-state index >= 15 is 0 Å². The molecule has 0 unspecified atom stereocenters. The molecule has 0 radical (unpaired) electrons. The average molecular weight is 464 g/mol. The van der Waals surface area contributed by atoms with E-state index in [1.54, 1.807) is 46.6 Å². The van der Waals surface area contributed by atoms with Gasteiger partial charge in [0.1, 0.15) is 27.6 Å². The van der Waals surface area contributed by atoms with Crippen molar-refractivity contribution in [1.82, 2.24) is 9.61 Å². The van der Waals surface area contributed by atoms with Gasteiger partial charge in [0.05, 0.1) is 39.2 Å². The molecule has 0 aliphatic carbocycles. The van der Waals surface area contributed by atoms with Crippen molar-refractivity contribution in [2.24, 2.45) is 0 Å². The minimum Gasteiger partial charge on any atom is -0.496 e. The van der Waals surface area contributed by atoms with Crippen molar-refractivity contribution < 1.29 is 28.5 Å². The first-order chi connectivity index (χ1) is 15.1. The summed E-state index contributed by atoms with van der Waals surface area (Å²) in [5, 5.41) is 7.36. The topological polar surface area (TPSA) is 92.6 Å². The van der Waals surface area contributed by atoms with Gasteiger partial charge in [-0.05, 0) is 45.4 Å². The van der Waals surface area contributed by atoms with E-state index in [-0.39, 0.29) is 5.88 Å². The molecule has 3 rings (SSSR count). The second kappa shape index (κ2) is 9.25. The highest BCUT2D eigenvalue weighted by molar-refractivity contribution is 7.18. The summed E-state index contributed by atoms with van der Waals surface area (Å²) >= 11 is 1.46. The maximum absolute atomic E-state index is 12.4. The zero-order valence-corrected chi connectivity index (χ0v) is 20.4. The smallest absolute Gasteiger partial charge is 0.412 e. The van der Waals surface area contributed by atoms with E-state index in [4.69, 9.17) is 23.7 Å². The van der Waals surface area contributed by atoms with Gasteiger partial charge in [-0.1, -0.05) is 0 Å². The van der Waals surface area contributed by atoms with E-state index in [9.17, 15) is 4.79 Å². The Balaban J connectivity index is 2.19. The molecule has 0 aliphatic heterocycles. The fourth-order valence-corrected chi connectivity index (χ4v) is 4.39. The van der Waals surface area contributed by atoms with Crippen molar-refractivity contribution in [2.45, 2.75) is 39.9 Å². The first-order valence-electron chi connectivity index (χ1n) is 9.93. The summed E-state index contributed by atoms with van der Waals surface area (Å²) in [7, 11) is 6.34. The van der Waals surface area contributed by atoms with Gasteiger partial charge in [0.2, 0.25) is 0 Å². The third kappa shape index (κ3) is 4.61. The summed E-state index contributed by atoms with van der Waals surface area (Å²) < 4.78 is 29.2. The van der Waals surface area contributed by atoms with Crippen LogP contribution in [0.1, 0.15) is 31.2 Å². The van der Waals surface area contributed by atoms with Gasteiger partial charge >= 0.3 is 6.09 Å². The normalized spacial score (nSPS) is 11.5. The number of carbonyl (C=O) groups is 1. The molecule has 0 bridgehead atoms. The molecule has 10 heteroatoms. The van der Waals surface area contributed by atoms with Crippen LogP contribution in [0.2, 0.25) is 0 Å². The Kier molecular flexibility index (Phi) is 6.85. The van der Waals surface area contributed by atoms with Crippen LogP contribution < -0.4 is 19.5 Å². The molecular weight excluding hydrogens is 434 g/mol. The summed E-state index contributed by atoms with van der Waals surface area (Å²) in [4.78, 5) is 14.1. The number of thiazole rings is 1. The lowest BCUT2D eigenvalue weighted by Gasteiger charge is -2.19. The maximum atomic E-state index is 12.4. The van der Waals surface area contributed by atoms with Crippen LogP contribution in [0.4, 0.5) is 10.5 Å². The highest BCUT2D eigenvalue weighted by atomic mass is 32.1. The quantitative estimate of drug-likeness (QED) is 0.533. The van der Waals surface area contributed by atoms with Crippen LogP contribution in [0, 0.1) is 6.92 Å².